The van der Waals surface area contributed by atoms with Gasteiger partial charge in [0.2, 0.25) is 0 Å². The van der Waals surface area contributed by atoms with Gasteiger partial charge in [-0.05, 0) is 19.3 Å². The van der Waals surface area contributed by atoms with Crippen LogP contribution in [-0.2, 0) is 0 Å². The molecule has 0 spiro atoms. The van der Waals surface area contributed by atoms with E-state index >= 15 is 0 Å². The normalized spacial score (nSPS) is 18.4. The van der Waals surface area contributed by atoms with E-state index in [1.807, 2.05) is 0 Å². The van der Waals surface area contributed by atoms with Gasteiger partial charge in [-0.1, -0.05) is 0 Å². The van der Waals surface area contributed by atoms with Crippen LogP contribution in [0, 0.1) is 12.0 Å². The van der Waals surface area contributed by atoms with E-state index in [-0.39, 0.29) is 0 Å². The van der Waals surface area contributed by atoms with Crippen molar-refractivity contribution in [2.45, 2.75) is 25.4 Å². The highest BCUT2D eigenvalue weighted by Gasteiger charge is 2.23. The van der Waals surface area contributed by atoms with Crippen LogP contribution in [0.1, 0.15) is 19.3 Å². The van der Waals surface area contributed by atoms with Crippen LogP contribution in [0.5, 0.6) is 0 Å². The second-order valence-electron chi connectivity index (χ2n) is 2.78. The van der Waals surface area contributed by atoms with Crippen molar-refractivity contribution >= 4 is 0 Å². The van der Waals surface area contributed by atoms with Crippen molar-refractivity contribution in [3.8, 4) is 12.0 Å². The fourth-order valence-corrected chi connectivity index (χ4v) is 1.15. The molecule has 0 aromatic rings. The molecule has 1 heterocycles. The summed E-state index contributed by atoms with van der Waals surface area (Å²) in [7, 11) is 0. The van der Waals surface area contributed by atoms with Gasteiger partial charge in [-0.2, -0.15) is 13.2 Å². The summed E-state index contributed by atoms with van der Waals surface area (Å²) in [6.07, 6.45) is -1.35. The smallest absolute Gasteiger partial charge is 0.332 e. The molecule has 0 amide bonds. The van der Waals surface area contributed by atoms with Crippen molar-refractivity contribution < 1.29 is 13.2 Å². The lowest BCUT2D eigenvalue weighted by atomic mass is 10.1. The zero-order valence-electron chi connectivity index (χ0n) is 6.62. The summed E-state index contributed by atoms with van der Waals surface area (Å²) >= 11 is 0. The predicted molar refractivity (Wildman–Crippen MR) is 39.3 cm³/mol. The van der Waals surface area contributed by atoms with Crippen molar-refractivity contribution in [2.24, 2.45) is 0 Å². The van der Waals surface area contributed by atoms with Gasteiger partial charge >= 0.3 is 6.18 Å². The Labute approximate surface area is 69.5 Å². The van der Waals surface area contributed by atoms with Gasteiger partial charge in [0.1, 0.15) is 0 Å². The summed E-state index contributed by atoms with van der Waals surface area (Å²) in [5.74, 6) is 1.27. The van der Waals surface area contributed by atoms with Gasteiger partial charge in [-0.3, -0.25) is 0 Å². The summed E-state index contributed by atoms with van der Waals surface area (Å²) in [6, 6.07) is 2.12. The van der Waals surface area contributed by atoms with Crippen LogP contribution in [0.3, 0.4) is 0 Å². The molecular formula is C8H10F3N. The van der Waals surface area contributed by atoms with Crippen molar-refractivity contribution in [3.63, 3.8) is 0 Å². The van der Waals surface area contributed by atoms with Crippen molar-refractivity contribution in [3.05, 3.63) is 0 Å². The fourth-order valence-electron chi connectivity index (χ4n) is 1.15. The molecule has 0 N–H and O–H groups in total. The zero-order valence-corrected chi connectivity index (χ0v) is 6.62. The molecule has 1 saturated heterocycles. The van der Waals surface area contributed by atoms with E-state index in [2.05, 4.69) is 6.04 Å². The van der Waals surface area contributed by atoms with Crippen LogP contribution in [0.4, 0.5) is 13.2 Å². The maximum atomic E-state index is 11.6. The lowest BCUT2D eigenvalue weighted by Gasteiger charge is -2.21. The topological polar surface area (TPSA) is 3.24 Å². The first kappa shape index (κ1) is 9.24. The lowest BCUT2D eigenvalue weighted by molar-refractivity contribution is -0.0700. The molecule has 1 nitrogen and oxygen atoms in total. The van der Waals surface area contributed by atoms with Crippen LogP contribution in [0.2, 0.25) is 0 Å². The van der Waals surface area contributed by atoms with Crippen LogP contribution < -0.4 is 0 Å². The number of piperidine rings is 1. The number of nitrogens with zero attached hydrogens (tertiary/aromatic N) is 1. The molecule has 0 unspecified atom stereocenters. The van der Waals surface area contributed by atoms with Crippen molar-refractivity contribution in [1.29, 1.82) is 0 Å². The van der Waals surface area contributed by atoms with E-state index < -0.39 is 6.18 Å². The quantitative estimate of drug-likeness (QED) is 0.511. The SMILES string of the molecule is FC(F)(F)C#CN1CCCCC1. The van der Waals surface area contributed by atoms with E-state index in [4.69, 9.17) is 0 Å². The number of likely N-dealkylation sites (tertiary alicyclic amines) is 1. The third-order valence-electron chi connectivity index (χ3n) is 1.71. The molecule has 0 radical (unpaired) electrons. The molecule has 0 aromatic heterocycles. The van der Waals surface area contributed by atoms with Gasteiger partial charge in [-0.25, -0.2) is 0 Å². The Bertz CT molecular complexity index is 193. The molecule has 1 aliphatic heterocycles. The number of halogens is 3. The number of hydrogen-bond donors (Lipinski definition) is 0. The predicted octanol–water partition coefficient (Wildman–Crippen LogP) is 2.00. The Morgan fingerprint density at radius 2 is 1.58 bits per heavy atom. The van der Waals surface area contributed by atoms with Gasteiger partial charge in [0.15, 0.2) is 0 Å². The first-order chi connectivity index (χ1) is 5.58. The minimum absolute atomic E-state index is 0.670. The van der Waals surface area contributed by atoms with Gasteiger partial charge in [-0.15, -0.1) is 0 Å². The van der Waals surface area contributed by atoms with E-state index in [1.165, 1.54) is 10.8 Å². The Hall–Kier alpha value is -0.850. The van der Waals surface area contributed by atoms with E-state index in [0.29, 0.717) is 13.1 Å². The van der Waals surface area contributed by atoms with Crippen molar-refractivity contribution in [1.82, 2.24) is 4.90 Å². The minimum atomic E-state index is -4.35. The third-order valence-corrected chi connectivity index (χ3v) is 1.71. The first-order valence-corrected chi connectivity index (χ1v) is 3.92. The Balaban J connectivity index is 2.41. The lowest BCUT2D eigenvalue weighted by Crippen LogP contribution is -2.25. The number of hydrogen-bond acceptors (Lipinski definition) is 1. The highest BCUT2D eigenvalue weighted by atomic mass is 19.4. The Kier molecular flexibility index (Phi) is 2.85. The molecule has 12 heavy (non-hydrogen) atoms. The molecule has 0 aliphatic carbocycles. The third kappa shape index (κ3) is 3.51. The number of alkyl halides is 3. The van der Waals surface area contributed by atoms with Gasteiger partial charge in [0, 0.05) is 25.1 Å². The van der Waals surface area contributed by atoms with Crippen LogP contribution >= 0.6 is 0 Å². The summed E-state index contributed by atoms with van der Waals surface area (Å²) in [6.45, 7) is 1.34. The largest absolute Gasteiger partial charge is 0.459 e. The van der Waals surface area contributed by atoms with Crippen LogP contribution in [0.25, 0.3) is 0 Å². The Morgan fingerprint density at radius 3 is 2.08 bits per heavy atom. The maximum absolute atomic E-state index is 11.6. The summed E-state index contributed by atoms with van der Waals surface area (Å²) in [5.41, 5.74) is 0. The minimum Gasteiger partial charge on any atom is -0.332 e. The second-order valence-corrected chi connectivity index (χ2v) is 2.78. The van der Waals surface area contributed by atoms with E-state index in [9.17, 15) is 13.2 Å². The van der Waals surface area contributed by atoms with Gasteiger partial charge < -0.3 is 4.90 Å². The van der Waals surface area contributed by atoms with E-state index in [1.54, 1.807) is 0 Å². The Morgan fingerprint density at radius 1 is 1.00 bits per heavy atom. The molecule has 0 saturated carbocycles. The monoisotopic (exact) mass is 177 g/mol. The first-order valence-electron chi connectivity index (χ1n) is 3.92. The average molecular weight is 177 g/mol. The second kappa shape index (κ2) is 3.70. The molecule has 1 rings (SSSR count). The standard InChI is InChI=1S/C8H10F3N/c9-8(10,11)4-7-12-5-2-1-3-6-12/h1-3,5-6H2. The number of rotatable bonds is 0. The zero-order chi connectivity index (χ0) is 9.03. The molecule has 68 valence electrons. The summed E-state index contributed by atoms with van der Waals surface area (Å²) in [4.78, 5) is 1.54. The van der Waals surface area contributed by atoms with E-state index in [0.717, 1.165) is 19.3 Å². The summed E-state index contributed by atoms with van der Waals surface area (Å²) in [5, 5.41) is 0. The van der Waals surface area contributed by atoms with Crippen LogP contribution in [-0.4, -0.2) is 24.2 Å². The molecule has 1 fully saturated rings. The highest BCUT2D eigenvalue weighted by Crippen LogP contribution is 2.13. The molecule has 0 aromatic carbocycles. The summed E-state index contributed by atoms with van der Waals surface area (Å²) < 4.78 is 34.8. The highest BCUT2D eigenvalue weighted by molar-refractivity contribution is 5.04. The molecule has 4 heteroatoms. The van der Waals surface area contributed by atoms with Gasteiger partial charge in [0.25, 0.3) is 0 Å². The van der Waals surface area contributed by atoms with Crippen LogP contribution in [0.15, 0.2) is 0 Å². The average Bonchev–Trinajstić information content (AvgIpc) is 2.02. The molecule has 1 aliphatic rings. The van der Waals surface area contributed by atoms with Crippen molar-refractivity contribution in [2.75, 3.05) is 13.1 Å². The fraction of sp³-hybridized carbons (Fsp3) is 0.750. The maximum Gasteiger partial charge on any atom is 0.459 e. The molecule has 0 atom stereocenters. The van der Waals surface area contributed by atoms with Gasteiger partial charge in [0.05, 0.1) is 0 Å². The molecule has 0 bridgehead atoms. The molecular weight excluding hydrogens is 167 g/mol.